The van der Waals surface area contributed by atoms with Crippen LogP contribution < -0.4 is 19.7 Å². The highest BCUT2D eigenvalue weighted by Crippen LogP contribution is 2.34. The summed E-state index contributed by atoms with van der Waals surface area (Å²) in [5.41, 5.74) is 1.78. The van der Waals surface area contributed by atoms with E-state index >= 15 is 0 Å². The first-order chi connectivity index (χ1) is 12.6. The molecule has 1 N–H and O–H groups in total. The lowest BCUT2D eigenvalue weighted by Gasteiger charge is -2.20. The van der Waals surface area contributed by atoms with Crippen molar-refractivity contribution >= 4 is 23.2 Å². The van der Waals surface area contributed by atoms with Gasteiger partial charge >= 0.3 is 0 Å². The second-order valence-corrected chi connectivity index (χ2v) is 5.92. The molecule has 0 atom stereocenters. The Labute approximate surface area is 152 Å². The number of carbonyl (C=O) groups excluding carboxylic acids is 2. The van der Waals surface area contributed by atoms with Gasteiger partial charge in [0.15, 0.2) is 0 Å². The number of methoxy groups -OCH3 is 1. The van der Waals surface area contributed by atoms with E-state index in [1.54, 1.807) is 48.4 Å². The van der Waals surface area contributed by atoms with Gasteiger partial charge in [-0.1, -0.05) is 12.1 Å². The number of rotatable bonds is 6. The molecule has 6 nitrogen and oxygen atoms in total. The zero-order valence-corrected chi connectivity index (χ0v) is 15.0. The molecule has 2 amide bonds. The summed E-state index contributed by atoms with van der Waals surface area (Å²) in [6.45, 7) is 3.04. The number of anilines is 2. The summed E-state index contributed by atoms with van der Waals surface area (Å²) in [6, 6.07) is 12.4. The van der Waals surface area contributed by atoms with Crippen LogP contribution in [0.15, 0.2) is 42.5 Å². The number of hydrogen-bond donors (Lipinski definition) is 1. The van der Waals surface area contributed by atoms with Crippen molar-refractivity contribution in [3.05, 3.63) is 48.0 Å². The molecule has 136 valence electrons. The van der Waals surface area contributed by atoms with Crippen molar-refractivity contribution < 1.29 is 19.1 Å². The lowest BCUT2D eigenvalue weighted by atomic mass is 10.1. The Morgan fingerprint density at radius 1 is 1.19 bits per heavy atom. The highest BCUT2D eigenvalue weighted by atomic mass is 16.5. The zero-order valence-electron chi connectivity index (χ0n) is 15.0. The molecule has 2 aromatic carbocycles. The van der Waals surface area contributed by atoms with Gasteiger partial charge in [-0.05, 0) is 37.6 Å². The van der Waals surface area contributed by atoms with Crippen LogP contribution in [-0.4, -0.2) is 32.1 Å². The van der Waals surface area contributed by atoms with Gasteiger partial charge in [0.05, 0.1) is 25.0 Å². The SMILES string of the molecule is CCOc1ccccc1C(=O)Nc1ccc(N2CCCC2=O)c(OC)c1. The summed E-state index contributed by atoms with van der Waals surface area (Å²) in [4.78, 5) is 26.3. The zero-order chi connectivity index (χ0) is 18.5. The van der Waals surface area contributed by atoms with Crippen molar-refractivity contribution in [2.45, 2.75) is 19.8 Å². The van der Waals surface area contributed by atoms with E-state index in [9.17, 15) is 9.59 Å². The van der Waals surface area contributed by atoms with E-state index in [-0.39, 0.29) is 11.8 Å². The van der Waals surface area contributed by atoms with Crippen LogP contribution in [0.1, 0.15) is 30.1 Å². The second kappa shape index (κ2) is 7.91. The lowest BCUT2D eigenvalue weighted by Crippen LogP contribution is -2.24. The van der Waals surface area contributed by atoms with Crippen LogP contribution in [0.2, 0.25) is 0 Å². The highest BCUT2D eigenvalue weighted by Gasteiger charge is 2.24. The van der Waals surface area contributed by atoms with E-state index in [2.05, 4.69) is 5.32 Å². The number of carbonyl (C=O) groups is 2. The summed E-state index contributed by atoms with van der Waals surface area (Å²) in [6.07, 6.45) is 1.39. The monoisotopic (exact) mass is 354 g/mol. The Morgan fingerprint density at radius 3 is 2.69 bits per heavy atom. The van der Waals surface area contributed by atoms with Crippen LogP contribution in [-0.2, 0) is 4.79 Å². The Kier molecular flexibility index (Phi) is 5.41. The van der Waals surface area contributed by atoms with E-state index in [4.69, 9.17) is 9.47 Å². The Bertz CT molecular complexity index is 819. The number of amides is 2. The minimum absolute atomic E-state index is 0.0886. The maximum Gasteiger partial charge on any atom is 0.259 e. The van der Waals surface area contributed by atoms with Gasteiger partial charge in [-0.15, -0.1) is 0 Å². The maximum atomic E-state index is 12.6. The Morgan fingerprint density at radius 2 is 2.00 bits per heavy atom. The molecular formula is C20H22N2O4. The minimum Gasteiger partial charge on any atom is -0.494 e. The first-order valence-corrected chi connectivity index (χ1v) is 8.65. The molecular weight excluding hydrogens is 332 g/mol. The smallest absolute Gasteiger partial charge is 0.259 e. The number of ether oxygens (including phenoxy) is 2. The fraction of sp³-hybridized carbons (Fsp3) is 0.300. The van der Waals surface area contributed by atoms with Crippen LogP contribution in [0.3, 0.4) is 0 Å². The first-order valence-electron chi connectivity index (χ1n) is 8.65. The normalized spacial score (nSPS) is 13.6. The third kappa shape index (κ3) is 3.64. The summed E-state index contributed by atoms with van der Waals surface area (Å²) in [5.74, 6) is 0.918. The molecule has 0 aromatic heterocycles. The van der Waals surface area contributed by atoms with Crippen molar-refractivity contribution in [1.29, 1.82) is 0 Å². The van der Waals surface area contributed by atoms with E-state index < -0.39 is 0 Å². The van der Waals surface area contributed by atoms with Crippen molar-refractivity contribution in [3.63, 3.8) is 0 Å². The number of para-hydroxylation sites is 1. The summed E-state index contributed by atoms with van der Waals surface area (Å²) < 4.78 is 10.9. The molecule has 26 heavy (non-hydrogen) atoms. The molecule has 0 spiro atoms. The van der Waals surface area contributed by atoms with Crippen molar-refractivity contribution in [3.8, 4) is 11.5 Å². The third-order valence-corrected chi connectivity index (χ3v) is 4.23. The predicted molar refractivity (Wildman–Crippen MR) is 100 cm³/mol. The van der Waals surface area contributed by atoms with Gasteiger partial charge in [0.1, 0.15) is 11.5 Å². The molecule has 6 heteroatoms. The standard InChI is InChI=1S/C20H22N2O4/c1-3-26-17-8-5-4-7-15(17)20(24)21-14-10-11-16(18(13-14)25-2)22-12-6-9-19(22)23/h4-5,7-8,10-11,13H,3,6,9,12H2,1-2H3,(H,21,24). The van der Waals surface area contributed by atoms with Crippen LogP contribution in [0.25, 0.3) is 0 Å². The average Bonchev–Trinajstić information content (AvgIpc) is 3.08. The summed E-state index contributed by atoms with van der Waals surface area (Å²) >= 11 is 0. The topological polar surface area (TPSA) is 67.9 Å². The van der Waals surface area contributed by atoms with Gasteiger partial charge in [-0.2, -0.15) is 0 Å². The van der Waals surface area contributed by atoms with Gasteiger partial charge in [0.25, 0.3) is 5.91 Å². The number of nitrogens with zero attached hydrogens (tertiary/aromatic N) is 1. The number of hydrogen-bond acceptors (Lipinski definition) is 4. The maximum absolute atomic E-state index is 12.6. The van der Waals surface area contributed by atoms with Crippen LogP contribution in [0.5, 0.6) is 11.5 Å². The third-order valence-electron chi connectivity index (χ3n) is 4.23. The molecule has 1 fully saturated rings. The van der Waals surface area contributed by atoms with E-state index in [1.807, 2.05) is 13.0 Å². The number of benzene rings is 2. The van der Waals surface area contributed by atoms with E-state index in [0.29, 0.717) is 42.3 Å². The predicted octanol–water partition coefficient (Wildman–Crippen LogP) is 3.47. The van der Waals surface area contributed by atoms with Crippen LogP contribution in [0.4, 0.5) is 11.4 Å². The minimum atomic E-state index is -0.263. The molecule has 1 aliphatic heterocycles. The molecule has 0 saturated carbocycles. The average molecular weight is 354 g/mol. The number of nitrogens with one attached hydrogen (secondary N) is 1. The fourth-order valence-corrected chi connectivity index (χ4v) is 3.02. The Balaban J connectivity index is 1.82. The fourth-order valence-electron chi connectivity index (χ4n) is 3.02. The molecule has 0 unspecified atom stereocenters. The molecule has 1 aliphatic rings. The van der Waals surface area contributed by atoms with Gasteiger partial charge < -0.3 is 19.7 Å². The first kappa shape index (κ1) is 17.8. The second-order valence-electron chi connectivity index (χ2n) is 5.92. The summed E-state index contributed by atoms with van der Waals surface area (Å²) in [7, 11) is 1.55. The van der Waals surface area contributed by atoms with Crippen molar-refractivity contribution in [2.75, 3.05) is 30.5 Å². The van der Waals surface area contributed by atoms with Crippen LogP contribution >= 0.6 is 0 Å². The molecule has 0 aliphatic carbocycles. The van der Waals surface area contributed by atoms with E-state index in [1.165, 1.54) is 0 Å². The van der Waals surface area contributed by atoms with Crippen molar-refractivity contribution in [2.24, 2.45) is 0 Å². The summed E-state index contributed by atoms with van der Waals surface area (Å²) in [5, 5.41) is 2.86. The Hall–Kier alpha value is -3.02. The largest absolute Gasteiger partial charge is 0.494 e. The molecule has 1 saturated heterocycles. The molecule has 2 aromatic rings. The molecule has 3 rings (SSSR count). The van der Waals surface area contributed by atoms with Crippen molar-refractivity contribution in [1.82, 2.24) is 0 Å². The van der Waals surface area contributed by atoms with E-state index in [0.717, 1.165) is 12.1 Å². The molecule has 1 heterocycles. The molecule has 0 bridgehead atoms. The van der Waals surface area contributed by atoms with Crippen LogP contribution in [0, 0.1) is 0 Å². The van der Waals surface area contributed by atoms with Gasteiger partial charge in [0.2, 0.25) is 5.91 Å². The highest BCUT2D eigenvalue weighted by molar-refractivity contribution is 6.06. The van der Waals surface area contributed by atoms with Gasteiger partial charge in [0, 0.05) is 24.7 Å². The quantitative estimate of drug-likeness (QED) is 0.862. The molecule has 0 radical (unpaired) electrons. The van der Waals surface area contributed by atoms with Gasteiger partial charge in [-0.25, -0.2) is 0 Å². The van der Waals surface area contributed by atoms with Gasteiger partial charge in [-0.3, -0.25) is 9.59 Å². The lowest BCUT2D eigenvalue weighted by molar-refractivity contribution is -0.117.